The van der Waals surface area contributed by atoms with Gasteiger partial charge in [-0.2, -0.15) is 0 Å². The maximum Gasteiger partial charge on any atom is 0.411 e. The summed E-state index contributed by atoms with van der Waals surface area (Å²) in [5, 5.41) is 2.99. The number of nitrogens with zero attached hydrogens (tertiary/aromatic N) is 1. The van der Waals surface area contributed by atoms with E-state index in [0.29, 0.717) is 12.5 Å². The Balaban J connectivity index is 2.10. The van der Waals surface area contributed by atoms with Gasteiger partial charge in [-0.05, 0) is 52.4 Å². The molecular formula is C18H32N2O3. The number of carbonyl (C=O) groups is 2. The fourth-order valence-corrected chi connectivity index (χ4v) is 3.78. The smallest absolute Gasteiger partial charge is 0.411 e. The predicted molar refractivity (Wildman–Crippen MR) is 90.1 cm³/mol. The van der Waals surface area contributed by atoms with Crippen molar-refractivity contribution in [2.24, 2.45) is 5.92 Å². The van der Waals surface area contributed by atoms with Crippen molar-refractivity contribution < 1.29 is 14.3 Å². The molecule has 23 heavy (non-hydrogen) atoms. The van der Waals surface area contributed by atoms with Crippen LogP contribution in [0.5, 0.6) is 0 Å². The third-order valence-electron chi connectivity index (χ3n) is 4.82. The summed E-state index contributed by atoms with van der Waals surface area (Å²) in [6.07, 6.45) is 6.90. The molecule has 132 valence electrons. The quantitative estimate of drug-likeness (QED) is 0.806. The van der Waals surface area contributed by atoms with E-state index in [9.17, 15) is 9.59 Å². The van der Waals surface area contributed by atoms with E-state index in [0.717, 1.165) is 38.5 Å². The second-order valence-corrected chi connectivity index (χ2v) is 7.90. The Morgan fingerprint density at radius 3 is 2.57 bits per heavy atom. The molecule has 2 fully saturated rings. The fourth-order valence-electron chi connectivity index (χ4n) is 3.78. The monoisotopic (exact) mass is 324 g/mol. The molecule has 0 aromatic heterocycles. The van der Waals surface area contributed by atoms with E-state index in [1.807, 2.05) is 20.8 Å². The molecule has 0 spiro atoms. The number of ether oxygens (including phenoxy) is 1. The molecule has 1 aliphatic carbocycles. The van der Waals surface area contributed by atoms with Crippen LogP contribution in [0.15, 0.2) is 0 Å². The molecule has 0 aromatic carbocycles. The summed E-state index contributed by atoms with van der Waals surface area (Å²) in [7, 11) is 0. The first kappa shape index (κ1) is 18.1. The lowest BCUT2D eigenvalue weighted by Gasteiger charge is -2.34. The standard InChI is InChI=1S/C18H32N2O3/c1-5-6-11-19-16(21)15-12-13-9-7-8-10-14(13)20(15)17(22)23-18(2,3)4/h13-15H,5-12H2,1-4H3,(H,19,21). The summed E-state index contributed by atoms with van der Waals surface area (Å²) < 4.78 is 5.58. The van der Waals surface area contributed by atoms with Crippen LogP contribution in [0.4, 0.5) is 4.79 Å². The number of likely N-dealkylation sites (tertiary alicyclic amines) is 1. The van der Waals surface area contributed by atoms with Crippen LogP contribution in [0.1, 0.15) is 72.6 Å². The molecule has 1 aliphatic heterocycles. The van der Waals surface area contributed by atoms with Gasteiger partial charge in [-0.3, -0.25) is 9.69 Å². The normalized spacial score (nSPS) is 27.5. The SMILES string of the molecule is CCCCNC(=O)C1CC2CCCCC2N1C(=O)OC(C)(C)C. The van der Waals surface area contributed by atoms with E-state index in [1.165, 1.54) is 6.42 Å². The molecule has 1 heterocycles. The van der Waals surface area contributed by atoms with Crippen LogP contribution >= 0.6 is 0 Å². The zero-order chi connectivity index (χ0) is 17.0. The molecule has 0 bridgehead atoms. The Kier molecular flexibility index (Phi) is 5.93. The number of nitrogens with one attached hydrogen (secondary N) is 1. The van der Waals surface area contributed by atoms with Crippen molar-refractivity contribution >= 4 is 12.0 Å². The predicted octanol–water partition coefficient (Wildman–Crippen LogP) is 3.47. The van der Waals surface area contributed by atoms with E-state index >= 15 is 0 Å². The molecule has 3 unspecified atom stereocenters. The van der Waals surface area contributed by atoms with Crippen LogP contribution in [0.25, 0.3) is 0 Å². The molecule has 1 saturated heterocycles. The van der Waals surface area contributed by atoms with E-state index in [2.05, 4.69) is 12.2 Å². The summed E-state index contributed by atoms with van der Waals surface area (Å²) in [6.45, 7) is 8.40. The number of hydrogen-bond acceptors (Lipinski definition) is 3. The van der Waals surface area contributed by atoms with Crippen LogP contribution in [0.2, 0.25) is 0 Å². The van der Waals surface area contributed by atoms with Gasteiger partial charge in [-0.15, -0.1) is 0 Å². The van der Waals surface area contributed by atoms with E-state index < -0.39 is 5.60 Å². The van der Waals surface area contributed by atoms with Crippen LogP contribution < -0.4 is 5.32 Å². The van der Waals surface area contributed by atoms with Gasteiger partial charge in [0.15, 0.2) is 0 Å². The second kappa shape index (κ2) is 7.54. The zero-order valence-corrected chi connectivity index (χ0v) is 15.1. The van der Waals surface area contributed by atoms with Crippen molar-refractivity contribution in [3.05, 3.63) is 0 Å². The van der Waals surface area contributed by atoms with E-state index in [4.69, 9.17) is 4.74 Å². The minimum Gasteiger partial charge on any atom is -0.444 e. The van der Waals surface area contributed by atoms with Gasteiger partial charge in [0.05, 0.1) is 0 Å². The second-order valence-electron chi connectivity index (χ2n) is 7.90. The molecule has 2 aliphatic rings. The minimum atomic E-state index is -0.535. The van der Waals surface area contributed by atoms with Gasteiger partial charge in [0.1, 0.15) is 11.6 Å². The summed E-state index contributed by atoms with van der Waals surface area (Å²) in [5.41, 5.74) is -0.535. The number of fused-ring (bicyclic) bond motifs is 1. The van der Waals surface area contributed by atoms with Gasteiger partial charge in [0, 0.05) is 12.6 Å². The summed E-state index contributed by atoms with van der Waals surface area (Å²) in [6, 6.07) is -0.199. The van der Waals surface area contributed by atoms with Gasteiger partial charge in [-0.1, -0.05) is 26.2 Å². The highest BCUT2D eigenvalue weighted by Crippen LogP contribution is 2.40. The molecule has 0 radical (unpaired) electrons. The number of amides is 2. The van der Waals surface area contributed by atoms with Crippen molar-refractivity contribution in [3.8, 4) is 0 Å². The molecular weight excluding hydrogens is 292 g/mol. The lowest BCUT2D eigenvalue weighted by atomic mass is 9.85. The molecule has 2 amide bonds. The van der Waals surface area contributed by atoms with Crippen molar-refractivity contribution in [2.75, 3.05) is 6.54 Å². The molecule has 1 saturated carbocycles. The highest BCUT2D eigenvalue weighted by molar-refractivity contribution is 5.86. The molecule has 5 nitrogen and oxygen atoms in total. The minimum absolute atomic E-state index is 0.0151. The number of rotatable bonds is 4. The topological polar surface area (TPSA) is 58.6 Å². The van der Waals surface area contributed by atoms with Crippen molar-refractivity contribution in [1.29, 1.82) is 0 Å². The zero-order valence-electron chi connectivity index (χ0n) is 15.1. The summed E-state index contributed by atoms with van der Waals surface area (Å²) >= 11 is 0. The number of unbranched alkanes of at least 4 members (excludes halogenated alkanes) is 1. The van der Waals surface area contributed by atoms with E-state index in [1.54, 1.807) is 4.90 Å². The van der Waals surface area contributed by atoms with Crippen LogP contribution in [0.3, 0.4) is 0 Å². The van der Waals surface area contributed by atoms with Gasteiger partial charge < -0.3 is 10.1 Å². The number of carbonyl (C=O) groups excluding carboxylic acids is 2. The Morgan fingerprint density at radius 1 is 1.22 bits per heavy atom. The van der Waals surface area contributed by atoms with Crippen LogP contribution in [0, 0.1) is 5.92 Å². The van der Waals surface area contributed by atoms with Gasteiger partial charge in [0.25, 0.3) is 0 Å². The average Bonchev–Trinajstić information content (AvgIpc) is 2.85. The Hall–Kier alpha value is -1.26. The largest absolute Gasteiger partial charge is 0.444 e. The maximum atomic E-state index is 12.7. The maximum absolute atomic E-state index is 12.7. The first-order valence-electron chi connectivity index (χ1n) is 9.12. The van der Waals surface area contributed by atoms with Gasteiger partial charge in [-0.25, -0.2) is 4.79 Å². The van der Waals surface area contributed by atoms with Gasteiger partial charge in [0.2, 0.25) is 5.91 Å². The first-order chi connectivity index (χ1) is 10.8. The lowest BCUT2D eigenvalue weighted by Crippen LogP contribution is -2.51. The highest BCUT2D eigenvalue weighted by Gasteiger charge is 2.48. The Labute approximate surface area is 140 Å². The molecule has 5 heteroatoms. The molecule has 2 rings (SSSR count). The first-order valence-corrected chi connectivity index (χ1v) is 9.12. The third kappa shape index (κ3) is 4.61. The van der Waals surface area contributed by atoms with Crippen molar-refractivity contribution in [2.45, 2.75) is 90.3 Å². The van der Waals surface area contributed by atoms with Gasteiger partial charge >= 0.3 is 6.09 Å². The molecule has 1 N–H and O–H groups in total. The summed E-state index contributed by atoms with van der Waals surface area (Å²) in [5.74, 6) is 0.428. The fraction of sp³-hybridized carbons (Fsp3) is 0.889. The van der Waals surface area contributed by atoms with Crippen LogP contribution in [-0.4, -0.2) is 41.1 Å². The Morgan fingerprint density at radius 2 is 1.91 bits per heavy atom. The third-order valence-corrected chi connectivity index (χ3v) is 4.82. The number of hydrogen-bond donors (Lipinski definition) is 1. The highest BCUT2D eigenvalue weighted by atomic mass is 16.6. The lowest BCUT2D eigenvalue weighted by molar-refractivity contribution is -0.125. The Bertz CT molecular complexity index is 430. The van der Waals surface area contributed by atoms with Crippen LogP contribution in [-0.2, 0) is 9.53 Å². The van der Waals surface area contributed by atoms with Crippen molar-refractivity contribution in [1.82, 2.24) is 10.2 Å². The average molecular weight is 324 g/mol. The molecule has 3 atom stereocenters. The van der Waals surface area contributed by atoms with Crippen molar-refractivity contribution in [3.63, 3.8) is 0 Å². The molecule has 0 aromatic rings. The summed E-state index contributed by atoms with van der Waals surface area (Å²) in [4.78, 5) is 27.0. The van der Waals surface area contributed by atoms with E-state index in [-0.39, 0.29) is 24.1 Å².